The van der Waals surface area contributed by atoms with Gasteiger partial charge in [0.1, 0.15) is 33.5 Å². The minimum Gasteiger partial charge on any atom is -0.486 e. The van der Waals surface area contributed by atoms with Crippen LogP contribution >= 0.6 is 11.3 Å². The number of hydrogen-bond acceptors (Lipinski definition) is 8. The summed E-state index contributed by atoms with van der Waals surface area (Å²) in [5, 5.41) is 2.94. The Hall–Kier alpha value is -4.32. The highest BCUT2D eigenvalue weighted by Crippen LogP contribution is 2.38. The second-order valence-electron chi connectivity index (χ2n) is 7.54. The van der Waals surface area contributed by atoms with E-state index >= 15 is 0 Å². The van der Waals surface area contributed by atoms with E-state index in [0.717, 1.165) is 11.3 Å². The van der Waals surface area contributed by atoms with Crippen molar-refractivity contribution >= 4 is 45.0 Å². The second-order valence-corrected chi connectivity index (χ2v) is 8.54. The van der Waals surface area contributed by atoms with Gasteiger partial charge in [-0.05, 0) is 55.0 Å². The number of nitrogens with one attached hydrogen (secondary N) is 1. The van der Waals surface area contributed by atoms with E-state index in [2.05, 4.69) is 15.0 Å². The molecule has 3 heterocycles. The molecule has 3 N–H and O–H groups in total. The molecule has 0 aliphatic rings. The standard InChI is InChI=1S/C24H19F2N3O6S/c1-11-9-15(20(25)26)28-23-17(11)18(19(36-23)21(27)30)29-22(31)16-8-7-14(35-16)10-34-13-5-3-12(4-6-13)24(32)33-2/h3-9,20H,10H2,1-2H3,(H2,27,30)(H,29,31). The van der Waals surface area contributed by atoms with Crippen molar-refractivity contribution in [3.05, 3.63) is 75.7 Å². The number of furan rings is 1. The van der Waals surface area contributed by atoms with Crippen LogP contribution in [-0.2, 0) is 11.3 Å². The number of primary amides is 1. The highest BCUT2D eigenvalue weighted by atomic mass is 32.1. The van der Waals surface area contributed by atoms with Gasteiger partial charge in [0.15, 0.2) is 5.76 Å². The molecule has 2 amide bonds. The van der Waals surface area contributed by atoms with Gasteiger partial charge in [0, 0.05) is 5.39 Å². The van der Waals surface area contributed by atoms with Crippen LogP contribution in [0.15, 0.2) is 46.9 Å². The summed E-state index contributed by atoms with van der Waals surface area (Å²) in [5.74, 6) is -1.25. The summed E-state index contributed by atoms with van der Waals surface area (Å²) in [5.41, 5.74) is 5.87. The number of aryl methyl sites for hydroxylation is 1. The highest BCUT2D eigenvalue weighted by Gasteiger charge is 2.24. The number of rotatable bonds is 8. The van der Waals surface area contributed by atoms with E-state index in [4.69, 9.17) is 14.9 Å². The molecule has 3 aromatic heterocycles. The lowest BCUT2D eigenvalue weighted by atomic mass is 10.1. The Kier molecular flexibility index (Phi) is 6.97. The van der Waals surface area contributed by atoms with E-state index in [1.54, 1.807) is 37.3 Å². The number of nitrogens with zero attached hydrogens (tertiary/aromatic N) is 1. The number of hydrogen-bond donors (Lipinski definition) is 2. The molecular weight excluding hydrogens is 496 g/mol. The zero-order valence-corrected chi connectivity index (χ0v) is 19.8. The van der Waals surface area contributed by atoms with Gasteiger partial charge in [-0.2, -0.15) is 0 Å². The number of thiophene rings is 1. The molecule has 0 atom stereocenters. The second kappa shape index (κ2) is 10.1. The number of pyridine rings is 1. The summed E-state index contributed by atoms with van der Waals surface area (Å²) < 4.78 is 42.1. The molecule has 186 valence electrons. The van der Waals surface area contributed by atoms with Crippen LogP contribution in [-0.4, -0.2) is 29.9 Å². The molecule has 1 aromatic carbocycles. The summed E-state index contributed by atoms with van der Waals surface area (Å²) in [4.78, 5) is 40.4. The van der Waals surface area contributed by atoms with E-state index in [1.807, 2.05) is 0 Å². The Labute approximate surface area is 206 Å². The Balaban J connectivity index is 1.51. The molecule has 4 rings (SSSR count). The van der Waals surface area contributed by atoms with Gasteiger partial charge in [-0.25, -0.2) is 18.6 Å². The molecule has 12 heteroatoms. The third kappa shape index (κ3) is 5.03. The van der Waals surface area contributed by atoms with Crippen molar-refractivity contribution in [3.8, 4) is 5.75 Å². The van der Waals surface area contributed by atoms with Gasteiger partial charge in [0.25, 0.3) is 18.2 Å². The van der Waals surface area contributed by atoms with Crippen LogP contribution in [0.3, 0.4) is 0 Å². The fraction of sp³-hybridized carbons (Fsp3) is 0.167. The monoisotopic (exact) mass is 515 g/mol. The van der Waals surface area contributed by atoms with Crippen molar-refractivity contribution in [2.24, 2.45) is 5.73 Å². The molecule has 0 bridgehead atoms. The summed E-state index contributed by atoms with van der Waals surface area (Å²) in [6.45, 7) is 1.57. The Morgan fingerprint density at radius 3 is 2.53 bits per heavy atom. The summed E-state index contributed by atoms with van der Waals surface area (Å²) in [6.07, 6.45) is -2.79. The normalized spacial score (nSPS) is 11.0. The third-order valence-electron chi connectivity index (χ3n) is 5.11. The quantitative estimate of drug-likeness (QED) is 0.320. The predicted molar refractivity (Wildman–Crippen MR) is 127 cm³/mol. The number of methoxy groups -OCH3 is 1. The highest BCUT2D eigenvalue weighted by molar-refractivity contribution is 7.21. The number of amides is 2. The lowest BCUT2D eigenvalue weighted by Gasteiger charge is -2.07. The fourth-order valence-electron chi connectivity index (χ4n) is 3.42. The van der Waals surface area contributed by atoms with Crippen molar-refractivity contribution in [3.63, 3.8) is 0 Å². The minimum atomic E-state index is -2.79. The number of carbonyl (C=O) groups is 3. The number of nitrogens with two attached hydrogens (primary N) is 1. The smallest absolute Gasteiger partial charge is 0.337 e. The Morgan fingerprint density at radius 2 is 1.89 bits per heavy atom. The molecule has 0 aliphatic heterocycles. The van der Waals surface area contributed by atoms with E-state index in [0.29, 0.717) is 28.0 Å². The van der Waals surface area contributed by atoms with Crippen molar-refractivity contribution in [2.45, 2.75) is 20.0 Å². The van der Waals surface area contributed by atoms with Crippen LogP contribution in [0.2, 0.25) is 0 Å². The van der Waals surface area contributed by atoms with E-state index in [1.165, 1.54) is 19.2 Å². The van der Waals surface area contributed by atoms with Gasteiger partial charge in [-0.15, -0.1) is 11.3 Å². The first-order valence-electron chi connectivity index (χ1n) is 10.4. The molecular formula is C24H19F2N3O6S. The van der Waals surface area contributed by atoms with Crippen molar-refractivity contribution in [1.82, 2.24) is 4.98 Å². The van der Waals surface area contributed by atoms with Crippen molar-refractivity contribution < 1.29 is 37.1 Å². The third-order valence-corrected chi connectivity index (χ3v) is 6.21. The maximum Gasteiger partial charge on any atom is 0.337 e. The first kappa shape index (κ1) is 24.8. The molecule has 9 nitrogen and oxygen atoms in total. The number of alkyl halides is 2. The largest absolute Gasteiger partial charge is 0.486 e. The number of esters is 1. The lowest BCUT2D eigenvalue weighted by Crippen LogP contribution is -2.16. The lowest BCUT2D eigenvalue weighted by molar-refractivity contribution is 0.0600. The van der Waals surface area contributed by atoms with Crippen molar-refractivity contribution in [2.75, 3.05) is 12.4 Å². The van der Waals surface area contributed by atoms with Gasteiger partial charge in [-0.3, -0.25) is 9.59 Å². The van der Waals surface area contributed by atoms with E-state index in [9.17, 15) is 23.2 Å². The van der Waals surface area contributed by atoms with Gasteiger partial charge < -0.3 is 24.9 Å². The van der Waals surface area contributed by atoms with Crippen LogP contribution in [0, 0.1) is 6.92 Å². The van der Waals surface area contributed by atoms with Gasteiger partial charge >= 0.3 is 5.97 Å². The number of anilines is 1. The first-order chi connectivity index (χ1) is 17.2. The maximum atomic E-state index is 13.1. The molecule has 0 spiro atoms. The molecule has 0 unspecified atom stereocenters. The first-order valence-corrected chi connectivity index (χ1v) is 11.2. The van der Waals surface area contributed by atoms with Crippen LogP contribution in [0.4, 0.5) is 14.5 Å². The fourth-order valence-corrected chi connectivity index (χ4v) is 4.49. The Morgan fingerprint density at radius 1 is 1.17 bits per heavy atom. The summed E-state index contributed by atoms with van der Waals surface area (Å²) in [6, 6.07) is 10.4. The number of carbonyl (C=O) groups excluding carboxylic acids is 3. The number of aromatic nitrogens is 1. The summed E-state index contributed by atoms with van der Waals surface area (Å²) >= 11 is 0.817. The SMILES string of the molecule is COC(=O)c1ccc(OCc2ccc(C(=O)Nc3c(C(N)=O)sc4nc(C(F)F)cc(C)c34)o2)cc1. The average molecular weight is 515 g/mol. The molecule has 36 heavy (non-hydrogen) atoms. The van der Waals surface area contributed by atoms with Crippen LogP contribution < -0.4 is 15.8 Å². The van der Waals surface area contributed by atoms with E-state index in [-0.39, 0.29) is 27.8 Å². The predicted octanol–water partition coefficient (Wildman–Crippen LogP) is 4.85. The van der Waals surface area contributed by atoms with Crippen LogP contribution in [0.1, 0.15) is 54.0 Å². The number of halogens is 2. The molecule has 0 saturated carbocycles. The van der Waals surface area contributed by atoms with Crippen molar-refractivity contribution in [1.29, 1.82) is 0 Å². The number of fused-ring (bicyclic) bond motifs is 1. The zero-order chi connectivity index (χ0) is 26.0. The van der Waals surface area contributed by atoms with Crippen LogP contribution in [0.5, 0.6) is 5.75 Å². The average Bonchev–Trinajstić information content (AvgIpc) is 3.48. The molecule has 0 saturated heterocycles. The number of ether oxygens (including phenoxy) is 2. The zero-order valence-electron chi connectivity index (χ0n) is 19.0. The molecule has 0 fully saturated rings. The van der Waals surface area contributed by atoms with Crippen LogP contribution in [0.25, 0.3) is 10.2 Å². The molecule has 0 aliphatic carbocycles. The van der Waals surface area contributed by atoms with Gasteiger partial charge in [-0.1, -0.05) is 0 Å². The Bertz CT molecular complexity index is 1460. The number of benzene rings is 1. The van der Waals surface area contributed by atoms with Gasteiger partial charge in [0.05, 0.1) is 18.4 Å². The maximum absolute atomic E-state index is 13.1. The molecule has 0 radical (unpaired) electrons. The molecule has 4 aromatic rings. The summed E-state index contributed by atoms with van der Waals surface area (Å²) in [7, 11) is 1.29. The van der Waals surface area contributed by atoms with E-state index < -0.39 is 29.9 Å². The topological polar surface area (TPSA) is 134 Å². The minimum absolute atomic E-state index is 0.00178. The van der Waals surface area contributed by atoms with Gasteiger partial charge in [0.2, 0.25) is 0 Å².